The highest BCUT2D eigenvalue weighted by Gasteiger charge is 2.09. The zero-order valence-electron chi connectivity index (χ0n) is 11.4. The van der Waals surface area contributed by atoms with Gasteiger partial charge in [0.05, 0.1) is 29.0 Å². The lowest BCUT2D eigenvalue weighted by Gasteiger charge is -2.09. The smallest absolute Gasteiger partial charge is 0.109 e. The number of nitrogens with zero attached hydrogens (tertiary/aromatic N) is 3. The molecule has 1 aromatic carbocycles. The molecule has 0 aliphatic carbocycles. The Bertz CT molecular complexity index is 732. The molecule has 0 fully saturated rings. The van der Waals surface area contributed by atoms with E-state index < -0.39 is 0 Å². The molecule has 0 bridgehead atoms. The standard InChI is InChI=1S/C15H17N5/c1-2-15-18-13-5-3-4-6-14(13)20(15)10-12-9-11(19-16)7-8-17-12/h3-9H,2,10,16H2,1H3,(H,17,19). The van der Waals surface area contributed by atoms with Gasteiger partial charge in [-0.25, -0.2) is 4.98 Å². The third kappa shape index (κ3) is 2.23. The molecule has 0 saturated heterocycles. The van der Waals surface area contributed by atoms with Gasteiger partial charge in [0.15, 0.2) is 0 Å². The Morgan fingerprint density at radius 1 is 1.25 bits per heavy atom. The molecule has 2 heterocycles. The van der Waals surface area contributed by atoms with Gasteiger partial charge in [0.25, 0.3) is 0 Å². The van der Waals surface area contributed by atoms with Gasteiger partial charge < -0.3 is 9.99 Å². The van der Waals surface area contributed by atoms with Gasteiger partial charge in [0, 0.05) is 12.6 Å². The number of hydrogen-bond acceptors (Lipinski definition) is 4. The lowest BCUT2D eigenvalue weighted by atomic mass is 10.3. The monoisotopic (exact) mass is 267 g/mol. The van der Waals surface area contributed by atoms with E-state index in [1.807, 2.05) is 30.3 Å². The Labute approximate surface area is 117 Å². The molecule has 0 saturated carbocycles. The van der Waals surface area contributed by atoms with Crippen LogP contribution >= 0.6 is 0 Å². The first-order valence-electron chi connectivity index (χ1n) is 6.67. The van der Waals surface area contributed by atoms with Crippen molar-refractivity contribution in [2.24, 2.45) is 5.84 Å². The van der Waals surface area contributed by atoms with Gasteiger partial charge in [-0.15, -0.1) is 0 Å². The quantitative estimate of drug-likeness (QED) is 0.562. The summed E-state index contributed by atoms with van der Waals surface area (Å²) in [4.78, 5) is 9.07. The summed E-state index contributed by atoms with van der Waals surface area (Å²) in [6.45, 7) is 2.81. The molecule has 102 valence electrons. The van der Waals surface area contributed by atoms with E-state index >= 15 is 0 Å². The highest BCUT2D eigenvalue weighted by atomic mass is 15.2. The van der Waals surface area contributed by atoms with E-state index in [-0.39, 0.29) is 0 Å². The third-order valence-corrected chi connectivity index (χ3v) is 3.35. The summed E-state index contributed by atoms with van der Waals surface area (Å²) in [5, 5.41) is 0. The highest BCUT2D eigenvalue weighted by Crippen LogP contribution is 2.18. The Balaban J connectivity index is 2.04. The number of aryl methyl sites for hydroxylation is 1. The zero-order chi connectivity index (χ0) is 13.9. The summed E-state index contributed by atoms with van der Waals surface area (Å²) < 4.78 is 2.21. The number of nitrogens with two attached hydrogens (primary N) is 1. The van der Waals surface area contributed by atoms with Crippen LogP contribution in [-0.2, 0) is 13.0 Å². The number of hydrogen-bond donors (Lipinski definition) is 2. The van der Waals surface area contributed by atoms with Crippen molar-refractivity contribution in [1.82, 2.24) is 14.5 Å². The summed E-state index contributed by atoms with van der Waals surface area (Å²) in [7, 11) is 0. The van der Waals surface area contributed by atoms with Crippen molar-refractivity contribution in [3.8, 4) is 0 Å². The topological polar surface area (TPSA) is 68.8 Å². The summed E-state index contributed by atoms with van der Waals surface area (Å²) >= 11 is 0. The van der Waals surface area contributed by atoms with Crippen molar-refractivity contribution < 1.29 is 0 Å². The molecule has 5 nitrogen and oxygen atoms in total. The number of aromatic nitrogens is 3. The number of anilines is 1. The molecule has 2 aromatic heterocycles. The maximum absolute atomic E-state index is 5.44. The van der Waals surface area contributed by atoms with Crippen LogP contribution in [0.3, 0.4) is 0 Å². The average molecular weight is 267 g/mol. The van der Waals surface area contributed by atoms with Crippen LogP contribution in [0.4, 0.5) is 5.69 Å². The van der Waals surface area contributed by atoms with Crippen LogP contribution in [0, 0.1) is 0 Å². The van der Waals surface area contributed by atoms with Crippen LogP contribution in [0.5, 0.6) is 0 Å². The summed E-state index contributed by atoms with van der Waals surface area (Å²) in [6, 6.07) is 12.0. The molecular weight excluding hydrogens is 250 g/mol. The van der Waals surface area contributed by atoms with Crippen LogP contribution in [0.15, 0.2) is 42.6 Å². The molecule has 0 amide bonds. The lowest BCUT2D eigenvalue weighted by molar-refractivity contribution is 0.736. The molecule has 0 spiro atoms. The van der Waals surface area contributed by atoms with E-state index in [9.17, 15) is 0 Å². The van der Waals surface area contributed by atoms with Crippen molar-refractivity contribution >= 4 is 16.7 Å². The second-order valence-electron chi connectivity index (χ2n) is 4.64. The number of imidazole rings is 1. The highest BCUT2D eigenvalue weighted by molar-refractivity contribution is 5.76. The largest absolute Gasteiger partial charge is 0.324 e. The number of nitrogen functional groups attached to an aromatic ring is 1. The Morgan fingerprint density at radius 3 is 2.90 bits per heavy atom. The van der Waals surface area contributed by atoms with E-state index in [1.165, 1.54) is 0 Å². The minimum atomic E-state index is 0.694. The minimum absolute atomic E-state index is 0.694. The average Bonchev–Trinajstić information content (AvgIpc) is 2.85. The number of fused-ring (bicyclic) bond motifs is 1. The lowest BCUT2D eigenvalue weighted by Crippen LogP contribution is -2.09. The zero-order valence-corrected chi connectivity index (χ0v) is 11.4. The Hall–Kier alpha value is -2.40. The molecule has 5 heteroatoms. The normalized spacial score (nSPS) is 10.9. The van der Waals surface area contributed by atoms with Gasteiger partial charge in [-0.1, -0.05) is 19.1 Å². The van der Waals surface area contributed by atoms with Crippen molar-refractivity contribution in [1.29, 1.82) is 0 Å². The van der Waals surface area contributed by atoms with Crippen molar-refractivity contribution in [3.05, 3.63) is 54.1 Å². The molecule has 3 aromatic rings. The SMILES string of the molecule is CCc1nc2ccccc2n1Cc1cc(NN)ccn1. The first-order valence-corrected chi connectivity index (χ1v) is 6.67. The van der Waals surface area contributed by atoms with E-state index in [0.717, 1.165) is 34.7 Å². The second kappa shape index (κ2) is 5.30. The molecule has 3 N–H and O–H groups in total. The maximum atomic E-state index is 5.44. The van der Waals surface area contributed by atoms with E-state index in [0.29, 0.717) is 6.54 Å². The second-order valence-corrected chi connectivity index (χ2v) is 4.64. The van der Waals surface area contributed by atoms with Gasteiger partial charge >= 0.3 is 0 Å². The minimum Gasteiger partial charge on any atom is -0.324 e. The number of nitrogens with one attached hydrogen (secondary N) is 1. The van der Waals surface area contributed by atoms with Gasteiger partial charge in [0.2, 0.25) is 0 Å². The number of benzene rings is 1. The molecule has 20 heavy (non-hydrogen) atoms. The maximum Gasteiger partial charge on any atom is 0.109 e. The number of hydrazine groups is 1. The first kappa shape index (κ1) is 12.6. The summed E-state index contributed by atoms with van der Waals surface area (Å²) in [5.74, 6) is 6.51. The Kier molecular flexibility index (Phi) is 3.35. The molecule has 3 rings (SSSR count). The van der Waals surface area contributed by atoms with Gasteiger partial charge in [-0.3, -0.25) is 10.8 Å². The van der Waals surface area contributed by atoms with Crippen molar-refractivity contribution in [2.45, 2.75) is 19.9 Å². The fourth-order valence-electron chi connectivity index (χ4n) is 2.39. The molecule has 0 aliphatic heterocycles. The first-order chi connectivity index (χ1) is 9.81. The van der Waals surface area contributed by atoms with Crippen LogP contribution in [0.1, 0.15) is 18.4 Å². The van der Waals surface area contributed by atoms with E-state index in [1.54, 1.807) is 6.20 Å². The molecule has 0 radical (unpaired) electrons. The molecule has 0 aliphatic rings. The van der Waals surface area contributed by atoms with Gasteiger partial charge in [-0.2, -0.15) is 0 Å². The van der Waals surface area contributed by atoms with Gasteiger partial charge in [0.1, 0.15) is 5.82 Å². The summed E-state index contributed by atoms with van der Waals surface area (Å²) in [5.41, 5.74) is 6.63. The predicted molar refractivity (Wildman–Crippen MR) is 80.3 cm³/mol. The van der Waals surface area contributed by atoms with Crippen molar-refractivity contribution in [2.75, 3.05) is 5.43 Å². The number of pyridine rings is 1. The van der Waals surface area contributed by atoms with Gasteiger partial charge in [-0.05, 0) is 24.3 Å². The van der Waals surface area contributed by atoms with Crippen LogP contribution in [0.25, 0.3) is 11.0 Å². The van der Waals surface area contributed by atoms with Crippen LogP contribution < -0.4 is 11.3 Å². The number of rotatable bonds is 4. The summed E-state index contributed by atoms with van der Waals surface area (Å²) in [6.07, 6.45) is 2.65. The van der Waals surface area contributed by atoms with Crippen LogP contribution in [0.2, 0.25) is 0 Å². The van der Waals surface area contributed by atoms with Crippen molar-refractivity contribution in [3.63, 3.8) is 0 Å². The molecule has 0 unspecified atom stereocenters. The predicted octanol–water partition coefficient (Wildman–Crippen LogP) is 2.33. The molecular formula is C15H17N5. The van der Waals surface area contributed by atoms with E-state index in [2.05, 4.69) is 33.0 Å². The molecule has 0 atom stereocenters. The number of para-hydroxylation sites is 2. The third-order valence-electron chi connectivity index (χ3n) is 3.35. The van der Waals surface area contributed by atoms with E-state index in [4.69, 9.17) is 5.84 Å². The Morgan fingerprint density at radius 2 is 2.10 bits per heavy atom. The van der Waals surface area contributed by atoms with Crippen LogP contribution in [-0.4, -0.2) is 14.5 Å². The fraction of sp³-hybridized carbons (Fsp3) is 0.200. The fourth-order valence-corrected chi connectivity index (χ4v) is 2.39.